The smallest absolute Gasteiger partial charge is 0.337 e. The van der Waals surface area contributed by atoms with Crippen molar-refractivity contribution >= 4 is 17.0 Å². The molecule has 4 nitrogen and oxygen atoms in total. The number of rotatable bonds is 3. The molecule has 0 saturated carbocycles. The largest absolute Gasteiger partial charge is 0.478 e. The zero-order chi connectivity index (χ0) is 18.3. The van der Waals surface area contributed by atoms with Crippen molar-refractivity contribution in [3.63, 3.8) is 0 Å². The lowest BCUT2D eigenvalue weighted by molar-refractivity contribution is 0.0699. The molecule has 4 aromatic rings. The average Bonchev–Trinajstić information content (AvgIpc) is 3.06. The Morgan fingerprint density at radius 1 is 0.962 bits per heavy atom. The molecule has 0 spiro atoms. The van der Waals surface area contributed by atoms with E-state index < -0.39 is 17.6 Å². The molecule has 0 aliphatic heterocycles. The van der Waals surface area contributed by atoms with Crippen molar-refractivity contribution in [1.82, 2.24) is 9.97 Å². The van der Waals surface area contributed by atoms with Gasteiger partial charge < -0.3 is 10.1 Å². The van der Waals surface area contributed by atoms with Crippen molar-refractivity contribution in [2.45, 2.75) is 0 Å². The van der Waals surface area contributed by atoms with Gasteiger partial charge in [0.2, 0.25) is 0 Å². The molecule has 0 aliphatic rings. The van der Waals surface area contributed by atoms with Crippen LogP contribution in [0.2, 0.25) is 0 Å². The highest BCUT2D eigenvalue weighted by Gasteiger charge is 2.13. The van der Waals surface area contributed by atoms with Crippen LogP contribution in [0, 0.1) is 11.6 Å². The van der Waals surface area contributed by atoms with Crippen molar-refractivity contribution in [3.8, 4) is 22.5 Å². The van der Waals surface area contributed by atoms with E-state index in [9.17, 15) is 18.7 Å². The molecule has 0 radical (unpaired) electrons. The normalized spacial score (nSPS) is 11.0. The Labute approximate surface area is 146 Å². The lowest BCUT2D eigenvalue weighted by Crippen LogP contribution is -1.96. The van der Waals surface area contributed by atoms with E-state index in [1.54, 1.807) is 36.4 Å². The third kappa shape index (κ3) is 2.71. The molecule has 0 fully saturated rings. The van der Waals surface area contributed by atoms with Crippen LogP contribution in [0.3, 0.4) is 0 Å². The summed E-state index contributed by atoms with van der Waals surface area (Å²) in [5.41, 5.74) is 2.75. The van der Waals surface area contributed by atoms with Gasteiger partial charge in [-0.2, -0.15) is 0 Å². The minimum Gasteiger partial charge on any atom is -0.478 e. The van der Waals surface area contributed by atoms with Gasteiger partial charge in [0, 0.05) is 17.2 Å². The van der Waals surface area contributed by atoms with Crippen LogP contribution in [0.4, 0.5) is 8.78 Å². The summed E-state index contributed by atoms with van der Waals surface area (Å²) < 4.78 is 27.0. The molecular weight excluding hydrogens is 338 g/mol. The number of aromatic nitrogens is 2. The van der Waals surface area contributed by atoms with E-state index in [1.165, 1.54) is 18.2 Å². The fourth-order valence-corrected chi connectivity index (χ4v) is 2.87. The Morgan fingerprint density at radius 3 is 2.38 bits per heavy atom. The maximum absolute atomic E-state index is 13.9. The second-order valence-electron chi connectivity index (χ2n) is 5.79. The molecule has 0 aliphatic carbocycles. The van der Waals surface area contributed by atoms with Crippen LogP contribution in [0.5, 0.6) is 0 Å². The Morgan fingerprint density at radius 2 is 1.69 bits per heavy atom. The number of aromatic carboxylic acids is 1. The second kappa shape index (κ2) is 6.07. The van der Waals surface area contributed by atoms with Crippen molar-refractivity contribution < 1.29 is 18.7 Å². The lowest BCUT2D eigenvalue weighted by atomic mass is 10.0. The summed E-state index contributed by atoms with van der Waals surface area (Å²) in [5, 5.41) is 9.25. The number of halogens is 2. The Kier molecular flexibility index (Phi) is 3.73. The van der Waals surface area contributed by atoms with Gasteiger partial charge in [-0.05, 0) is 29.8 Å². The maximum atomic E-state index is 13.9. The van der Waals surface area contributed by atoms with Gasteiger partial charge in [0.05, 0.1) is 11.1 Å². The highest BCUT2D eigenvalue weighted by molar-refractivity contribution is 6.01. The molecule has 0 saturated heterocycles. The molecule has 4 rings (SSSR count). The number of nitrogens with one attached hydrogen (secondary N) is 1. The van der Waals surface area contributed by atoms with Crippen LogP contribution < -0.4 is 0 Å². The van der Waals surface area contributed by atoms with E-state index in [1.807, 2.05) is 0 Å². The number of carbonyl (C=O) groups is 1. The number of carboxylic acid groups (broad SMARTS) is 1. The SMILES string of the molecule is O=C(O)c1cccc2[nH]c(-c3ccc(-c4ccc(F)cc4F)cc3)nc12. The quantitative estimate of drug-likeness (QED) is 0.554. The number of aromatic amines is 1. The number of para-hydroxylation sites is 1. The molecule has 2 N–H and O–H groups in total. The first kappa shape index (κ1) is 16.0. The number of imidazole rings is 1. The fourth-order valence-electron chi connectivity index (χ4n) is 2.87. The van der Waals surface area contributed by atoms with Crippen LogP contribution in [0.1, 0.15) is 10.4 Å². The van der Waals surface area contributed by atoms with E-state index >= 15 is 0 Å². The number of H-pyrrole nitrogens is 1. The monoisotopic (exact) mass is 350 g/mol. The summed E-state index contributed by atoms with van der Waals surface area (Å²) in [4.78, 5) is 18.8. The second-order valence-corrected chi connectivity index (χ2v) is 5.79. The van der Waals surface area contributed by atoms with Crippen LogP contribution in [-0.4, -0.2) is 21.0 Å². The Balaban J connectivity index is 1.74. The molecule has 26 heavy (non-hydrogen) atoms. The summed E-state index contributed by atoms with van der Waals surface area (Å²) in [5.74, 6) is -1.79. The highest BCUT2D eigenvalue weighted by atomic mass is 19.1. The lowest BCUT2D eigenvalue weighted by Gasteiger charge is -2.04. The van der Waals surface area contributed by atoms with Crippen LogP contribution in [0.15, 0.2) is 60.7 Å². The zero-order valence-electron chi connectivity index (χ0n) is 13.3. The van der Waals surface area contributed by atoms with Crippen LogP contribution >= 0.6 is 0 Å². The number of hydrogen-bond donors (Lipinski definition) is 2. The molecule has 1 aromatic heterocycles. The van der Waals surface area contributed by atoms with E-state index in [0.717, 1.165) is 11.6 Å². The molecule has 1 heterocycles. The van der Waals surface area contributed by atoms with Crippen molar-refractivity contribution in [2.24, 2.45) is 0 Å². The highest BCUT2D eigenvalue weighted by Crippen LogP contribution is 2.27. The summed E-state index contributed by atoms with van der Waals surface area (Å²) in [6.45, 7) is 0. The molecule has 0 bridgehead atoms. The van der Waals surface area contributed by atoms with Gasteiger partial charge in [0.15, 0.2) is 0 Å². The van der Waals surface area contributed by atoms with Gasteiger partial charge in [-0.3, -0.25) is 0 Å². The molecule has 128 valence electrons. The van der Waals surface area contributed by atoms with Gasteiger partial charge in [0.25, 0.3) is 0 Å². The first-order valence-electron chi connectivity index (χ1n) is 7.81. The number of benzene rings is 3. The summed E-state index contributed by atoms with van der Waals surface area (Å²) in [6.07, 6.45) is 0. The first-order valence-corrected chi connectivity index (χ1v) is 7.81. The van der Waals surface area contributed by atoms with Crippen LogP contribution in [-0.2, 0) is 0 Å². The Hall–Kier alpha value is -3.54. The number of carboxylic acids is 1. The average molecular weight is 350 g/mol. The van der Waals surface area contributed by atoms with Crippen molar-refractivity contribution in [1.29, 1.82) is 0 Å². The molecule has 6 heteroatoms. The standard InChI is InChI=1S/C20H12F2N2O2/c21-13-8-9-14(16(22)10-13)11-4-6-12(7-5-11)19-23-17-3-1-2-15(20(25)26)18(17)24-19/h1-10H,(H,23,24)(H,25,26). The minimum atomic E-state index is -1.05. The third-order valence-electron chi connectivity index (χ3n) is 4.14. The van der Waals surface area contributed by atoms with Gasteiger partial charge in [0.1, 0.15) is 23.0 Å². The molecular formula is C20H12F2N2O2. The van der Waals surface area contributed by atoms with Crippen molar-refractivity contribution in [3.05, 3.63) is 77.9 Å². The minimum absolute atomic E-state index is 0.120. The fraction of sp³-hybridized carbons (Fsp3) is 0. The van der Waals surface area contributed by atoms with Gasteiger partial charge >= 0.3 is 5.97 Å². The summed E-state index contributed by atoms with van der Waals surface area (Å²) in [7, 11) is 0. The summed E-state index contributed by atoms with van der Waals surface area (Å²) in [6, 6.07) is 15.2. The molecule has 0 amide bonds. The zero-order valence-corrected chi connectivity index (χ0v) is 13.3. The number of hydrogen-bond acceptors (Lipinski definition) is 2. The maximum Gasteiger partial charge on any atom is 0.337 e. The number of nitrogens with zero attached hydrogens (tertiary/aromatic N) is 1. The predicted molar refractivity (Wildman–Crippen MR) is 93.8 cm³/mol. The van der Waals surface area contributed by atoms with Crippen LogP contribution in [0.25, 0.3) is 33.5 Å². The summed E-state index contributed by atoms with van der Waals surface area (Å²) >= 11 is 0. The van der Waals surface area contributed by atoms with E-state index in [-0.39, 0.29) is 5.56 Å². The van der Waals surface area contributed by atoms with E-state index in [0.29, 0.717) is 28.0 Å². The van der Waals surface area contributed by atoms with Gasteiger partial charge in [-0.25, -0.2) is 18.6 Å². The molecule has 3 aromatic carbocycles. The predicted octanol–water partition coefficient (Wildman–Crippen LogP) is 4.87. The number of fused-ring (bicyclic) bond motifs is 1. The Bertz CT molecular complexity index is 1130. The van der Waals surface area contributed by atoms with Gasteiger partial charge in [-0.15, -0.1) is 0 Å². The molecule has 0 unspecified atom stereocenters. The first-order chi connectivity index (χ1) is 12.5. The van der Waals surface area contributed by atoms with Gasteiger partial charge in [-0.1, -0.05) is 30.3 Å². The van der Waals surface area contributed by atoms with E-state index in [2.05, 4.69) is 9.97 Å². The third-order valence-corrected chi connectivity index (χ3v) is 4.14. The van der Waals surface area contributed by atoms with Crippen molar-refractivity contribution in [2.75, 3.05) is 0 Å². The topological polar surface area (TPSA) is 66.0 Å². The molecule has 0 atom stereocenters. The van der Waals surface area contributed by atoms with E-state index in [4.69, 9.17) is 0 Å².